The number of sulfonamides is 1. The number of halogens is 1. The minimum absolute atomic E-state index is 0.163. The van der Waals surface area contributed by atoms with Gasteiger partial charge in [-0.15, -0.1) is 0 Å². The van der Waals surface area contributed by atoms with E-state index in [-0.39, 0.29) is 23.7 Å². The monoisotopic (exact) mass is 336 g/mol. The van der Waals surface area contributed by atoms with E-state index in [1.54, 1.807) is 0 Å². The van der Waals surface area contributed by atoms with Gasteiger partial charge in [0.05, 0.1) is 18.4 Å². The van der Waals surface area contributed by atoms with Crippen molar-refractivity contribution in [2.24, 2.45) is 0 Å². The molecule has 0 saturated heterocycles. The van der Waals surface area contributed by atoms with Crippen LogP contribution in [0.5, 0.6) is 0 Å². The zero-order valence-corrected chi connectivity index (χ0v) is 13.6. The molecule has 0 aliphatic rings. The first kappa shape index (κ1) is 17.0. The first-order valence-electron chi connectivity index (χ1n) is 6.86. The summed E-state index contributed by atoms with van der Waals surface area (Å²) in [7, 11) is -3.56. The van der Waals surface area contributed by atoms with Crippen LogP contribution < -0.4 is 10.0 Å². The summed E-state index contributed by atoms with van der Waals surface area (Å²) in [5.74, 6) is -1.04. The fourth-order valence-electron chi connectivity index (χ4n) is 1.97. The summed E-state index contributed by atoms with van der Waals surface area (Å²) >= 11 is 0. The normalized spacial score (nSPS) is 11.1. The zero-order valence-electron chi connectivity index (χ0n) is 12.8. The second-order valence-corrected chi connectivity index (χ2v) is 7.03. The third-order valence-corrected chi connectivity index (χ3v) is 3.62. The van der Waals surface area contributed by atoms with E-state index in [0.717, 1.165) is 23.4 Å². The summed E-state index contributed by atoms with van der Waals surface area (Å²) in [6.45, 7) is 1.96. The molecule has 1 amide bonds. The molecule has 5 nitrogen and oxygen atoms in total. The van der Waals surface area contributed by atoms with E-state index in [1.165, 1.54) is 12.1 Å². The van der Waals surface area contributed by atoms with Crippen molar-refractivity contribution < 1.29 is 17.6 Å². The van der Waals surface area contributed by atoms with Gasteiger partial charge in [-0.3, -0.25) is 9.52 Å². The van der Waals surface area contributed by atoms with Crippen LogP contribution in [0.25, 0.3) is 0 Å². The number of rotatable bonds is 5. The Kier molecular flexibility index (Phi) is 5.00. The molecule has 0 aliphatic heterocycles. The maximum Gasteiger partial charge on any atom is 0.229 e. The van der Waals surface area contributed by atoms with Crippen molar-refractivity contribution in [3.8, 4) is 0 Å². The van der Waals surface area contributed by atoms with Gasteiger partial charge in [-0.1, -0.05) is 29.8 Å². The molecule has 0 aromatic heterocycles. The maximum absolute atomic E-state index is 13.8. The first-order chi connectivity index (χ1) is 10.7. The highest BCUT2D eigenvalue weighted by Crippen LogP contribution is 2.20. The lowest BCUT2D eigenvalue weighted by atomic mass is 10.1. The van der Waals surface area contributed by atoms with Crippen molar-refractivity contribution in [3.63, 3.8) is 0 Å². The van der Waals surface area contributed by atoms with E-state index in [4.69, 9.17) is 0 Å². The predicted octanol–water partition coefficient (Wildman–Crippen LogP) is 2.69. The van der Waals surface area contributed by atoms with Gasteiger partial charge in [-0.05, 0) is 30.7 Å². The maximum atomic E-state index is 13.8. The molecule has 0 unspecified atom stereocenters. The number of amides is 1. The van der Waals surface area contributed by atoms with E-state index in [9.17, 15) is 17.6 Å². The van der Waals surface area contributed by atoms with Crippen molar-refractivity contribution in [2.75, 3.05) is 16.3 Å². The first-order valence-corrected chi connectivity index (χ1v) is 8.75. The Labute approximate surface area is 134 Å². The predicted molar refractivity (Wildman–Crippen MR) is 88.4 cm³/mol. The number of hydrogen-bond acceptors (Lipinski definition) is 3. The number of carbonyl (C=O) groups excluding carboxylic acids is 1. The highest BCUT2D eigenvalue weighted by molar-refractivity contribution is 7.92. The molecule has 0 spiro atoms. The summed E-state index contributed by atoms with van der Waals surface area (Å²) in [4.78, 5) is 11.9. The molecule has 122 valence electrons. The van der Waals surface area contributed by atoms with Crippen molar-refractivity contribution in [2.45, 2.75) is 13.3 Å². The van der Waals surface area contributed by atoms with Gasteiger partial charge in [-0.2, -0.15) is 0 Å². The second kappa shape index (κ2) is 6.78. The van der Waals surface area contributed by atoms with Gasteiger partial charge < -0.3 is 5.32 Å². The van der Waals surface area contributed by atoms with Crippen molar-refractivity contribution in [1.82, 2.24) is 0 Å². The lowest BCUT2D eigenvalue weighted by Gasteiger charge is -2.09. The summed E-state index contributed by atoms with van der Waals surface area (Å²) in [5.41, 5.74) is 2.05. The molecule has 23 heavy (non-hydrogen) atoms. The standard InChI is InChI=1S/C16H17FN2O3S/c1-11-3-5-12(6-4-11)9-16(20)18-13-7-8-15(14(17)10-13)19-23(2,21)22/h3-8,10,19H,9H2,1-2H3,(H,18,20). The molecule has 0 saturated carbocycles. The van der Waals surface area contributed by atoms with Crippen LogP contribution in [0.2, 0.25) is 0 Å². The minimum atomic E-state index is -3.56. The number of nitrogens with one attached hydrogen (secondary N) is 2. The van der Waals surface area contributed by atoms with Crippen molar-refractivity contribution in [1.29, 1.82) is 0 Å². The van der Waals surface area contributed by atoms with E-state index < -0.39 is 15.8 Å². The van der Waals surface area contributed by atoms with Gasteiger partial charge in [0.25, 0.3) is 0 Å². The number of aryl methyl sites for hydroxylation is 1. The zero-order chi connectivity index (χ0) is 17.0. The van der Waals surface area contributed by atoms with Crippen LogP contribution in [-0.2, 0) is 21.2 Å². The van der Waals surface area contributed by atoms with Crippen LogP contribution in [0.15, 0.2) is 42.5 Å². The molecule has 0 fully saturated rings. The van der Waals surface area contributed by atoms with Crippen LogP contribution >= 0.6 is 0 Å². The van der Waals surface area contributed by atoms with E-state index >= 15 is 0 Å². The molecule has 2 aromatic carbocycles. The molecular weight excluding hydrogens is 319 g/mol. The molecule has 7 heteroatoms. The number of anilines is 2. The third-order valence-electron chi connectivity index (χ3n) is 3.03. The van der Waals surface area contributed by atoms with Gasteiger partial charge in [0.1, 0.15) is 5.82 Å². The van der Waals surface area contributed by atoms with Crippen molar-refractivity contribution >= 4 is 27.3 Å². The Hall–Kier alpha value is -2.41. The Bertz CT molecular complexity index is 818. The minimum Gasteiger partial charge on any atom is -0.326 e. The quantitative estimate of drug-likeness (QED) is 0.881. The third kappa shape index (κ3) is 5.37. The molecule has 0 heterocycles. The van der Waals surface area contributed by atoms with Gasteiger partial charge in [0.15, 0.2) is 0 Å². The molecule has 2 rings (SSSR count). The van der Waals surface area contributed by atoms with Gasteiger partial charge in [0, 0.05) is 5.69 Å². The number of benzene rings is 2. The SMILES string of the molecule is Cc1ccc(CC(=O)Nc2ccc(NS(C)(=O)=O)c(F)c2)cc1. The average molecular weight is 336 g/mol. The van der Waals surface area contributed by atoms with Crippen LogP contribution in [0.4, 0.5) is 15.8 Å². The topological polar surface area (TPSA) is 75.3 Å². The van der Waals surface area contributed by atoms with E-state index in [1.807, 2.05) is 31.2 Å². The molecule has 0 bridgehead atoms. The van der Waals surface area contributed by atoms with Gasteiger partial charge in [0.2, 0.25) is 15.9 Å². The summed E-state index contributed by atoms with van der Waals surface area (Å²) < 4.78 is 38.1. The largest absolute Gasteiger partial charge is 0.326 e. The van der Waals surface area contributed by atoms with Crippen LogP contribution in [-0.4, -0.2) is 20.6 Å². The summed E-state index contributed by atoms with van der Waals surface area (Å²) in [5, 5.41) is 2.58. The molecule has 0 atom stereocenters. The molecule has 0 aliphatic carbocycles. The van der Waals surface area contributed by atoms with E-state index in [2.05, 4.69) is 10.0 Å². The smallest absolute Gasteiger partial charge is 0.229 e. The van der Waals surface area contributed by atoms with Gasteiger partial charge in [-0.25, -0.2) is 12.8 Å². The Balaban J connectivity index is 2.04. The van der Waals surface area contributed by atoms with Crippen LogP contribution in [0.3, 0.4) is 0 Å². The summed E-state index contributed by atoms with van der Waals surface area (Å²) in [6.07, 6.45) is 1.11. The highest BCUT2D eigenvalue weighted by atomic mass is 32.2. The van der Waals surface area contributed by atoms with Crippen LogP contribution in [0.1, 0.15) is 11.1 Å². The molecular formula is C16H17FN2O3S. The lowest BCUT2D eigenvalue weighted by molar-refractivity contribution is -0.115. The van der Waals surface area contributed by atoms with Crippen molar-refractivity contribution in [3.05, 3.63) is 59.4 Å². The lowest BCUT2D eigenvalue weighted by Crippen LogP contribution is -2.15. The molecule has 2 N–H and O–H groups in total. The van der Waals surface area contributed by atoms with Gasteiger partial charge >= 0.3 is 0 Å². The molecule has 0 radical (unpaired) electrons. The Morgan fingerprint density at radius 3 is 2.35 bits per heavy atom. The summed E-state index contributed by atoms with van der Waals surface area (Å²) in [6, 6.07) is 11.3. The average Bonchev–Trinajstić information content (AvgIpc) is 2.43. The molecule has 2 aromatic rings. The second-order valence-electron chi connectivity index (χ2n) is 5.28. The van der Waals surface area contributed by atoms with E-state index in [0.29, 0.717) is 0 Å². The fraction of sp³-hybridized carbons (Fsp3) is 0.188. The Morgan fingerprint density at radius 2 is 1.78 bits per heavy atom. The highest BCUT2D eigenvalue weighted by Gasteiger charge is 2.10. The van der Waals surface area contributed by atoms with Crippen LogP contribution in [0, 0.1) is 12.7 Å². The number of hydrogen-bond donors (Lipinski definition) is 2. The Morgan fingerprint density at radius 1 is 1.13 bits per heavy atom. The fourth-order valence-corrected chi connectivity index (χ4v) is 2.54. The number of carbonyl (C=O) groups is 1.